The summed E-state index contributed by atoms with van der Waals surface area (Å²) in [7, 11) is 0. The molecule has 76 valence electrons. The Morgan fingerprint density at radius 1 is 1.43 bits per heavy atom. The van der Waals surface area contributed by atoms with Crippen molar-refractivity contribution in [2.45, 2.75) is 18.4 Å². The van der Waals surface area contributed by atoms with Gasteiger partial charge in [-0.1, -0.05) is 19.1 Å². The predicted molar refractivity (Wildman–Crippen MR) is 57.7 cm³/mol. The van der Waals surface area contributed by atoms with Crippen molar-refractivity contribution in [1.82, 2.24) is 5.32 Å². The lowest BCUT2D eigenvalue weighted by atomic mass is 10.2. The minimum absolute atomic E-state index is 0.367. The van der Waals surface area contributed by atoms with E-state index in [1.165, 1.54) is 4.90 Å². The highest BCUT2D eigenvalue weighted by atomic mass is 32.2. The lowest BCUT2D eigenvalue weighted by Gasteiger charge is -2.02. The fraction of sp³-hybridized carbons (Fsp3) is 0.300. The SMILES string of the molecule is CCSc1ccc(CNC(=O)O)cc1. The van der Waals surface area contributed by atoms with Crippen molar-refractivity contribution in [2.24, 2.45) is 0 Å². The zero-order valence-corrected chi connectivity index (χ0v) is 8.80. The van der Waals surface area contributed by atoms with Gasteiger partial charge in [0.25, 0.3) is 0 Å². The van der Waals surface area contributed by atoms with Gasteiger partial charge in [0.2, 0.25) is 0 Å². The van der Waals surface area contributed by atoms with Gasteiger partial charge in [0.05, 0.1) is 0 Å². The minimum Gasteiger partial charge on any atom is -0.465 e. The third kappa shape index (κ3) is 3.70. The Balaban J connectivity index is 2.50. The summed E-state index contributed by atoms with van der Waals surface area (Å²) >= 11 is 1.77. The van der Waals surface area contributed by atoms with Crippen LogP contribution in [0.15, 0.2) is 29.2 Å². The first-order chi connectivity index (χ1) is 6.72. The number of nitrogens with one attached hydrogen (secondary N) is 1. The second-order valence-electron chi connectivity index (χ2n) is 2.74. The summed E-state index contributed by atoms with van der Waals surface area (Å²) in [5, 5.41) is 10.7. The Bertz CT molecular complexity index is 297. The molecule has 0 unspecified atom stereocenters. The summed E-state index contributed by atoms with van der Waals surface area (Å²) < 4.78 is 0. The first-order valence-electron chi connectivity index (χ1n) is 4.41. The van der Waals surface area contributed by atoms with Gasteiger partial charge in [-0.05, 0) is 23.4 Å². The molecular weight excluding hydrogens is 198 g/mol. The standard InChI is InChI=1S/C10H13NO2S/c1-2-14-9-5-3-8(4-6-9)7-11-10(12)13/h3-6,11H,2,7H2,1H3,(H,12,13). The summed E-state index contributed by atoms with van der Waals surface area (Å²) in [4.78, 5) is 11.4. The summed E-state index contributed by atoms with van der Waals surface area (Å²) in [5.74, 6) is 1.05. The van der Waals surface area contributed by atoms with E-state index in [0.717, 1.165) is 11.3 Å². The number of carboxylic acid groups (broad SMARTS) is 1. The quantitative estimate of drug-likeness (QED) is 0.752. The second kappa shape index (κ2) is 5.54. The molecule has 2 N–H and O–H groups in total. The van der Waals surface area contributed by atoms with Crippen molar-refractivity contribution in [3.63, 3.8) is 0 Å². The van der Waals surface area contributed by atoms with Crippen LogP contribution in [0.5, 0.6) is 0 Å². The molecule has 0 saturated carbocycles. The normalized spacial score (nSPS) is 9.79. The van der Waals surface area contributed by atoms with Crippen LogP contribution in [-0.2, 0) is 6.54 Å². The largest absolute Gasteiger partial charge is 0.465 e. The van der Waals surface area contributed by atoms with Gasteiger partial charge in [0.1, 0.15) is 0 Å². The van der Waals surface area contributed by atoms with Gasteiger partial charge in [-0.2, -0.15) is 0 Å². The maximum Gasteiger partial charge on any atom is 0.404 e. The highest BCUT2D eigenvalue weighted by Gasteiger charge is 1.96. The van der Waals surface area contributed by atoms with E-state index >= 15 is 0 Å². The van der Waals surface area contributed by atoms with Crippen molar-refractivity contribution in [3.8, 4) is 0 Å². The highest BCUT2D eigenvalue weighted by molar-refractivity contribution is 7.99. The van der Waals surface area contributed by atoms with Gasteiger partial charge in [0, 0.05) is 11.4 Å². The van der Waals surface area contributed by atoms with Gasteiger partial charge < -0.3 is 10.4 Å². The molecule has 0 aliphatic heterocycles. The van der Waals surface area contributed by atoms with Crippen LogP contribution in [0.25, 0.3) is 0 Å². The molecule has 0 radical (unpaired) electrons. The van der Waals surface area contributed by atoms with E-state index in [0.29, 0.717) is 6.54 Å². The molecule has 1 aromatic carbocycles. The van der Waals surface area contributed by atoms with Crippen LogP contribution in [0.4, 0.5) is 4.79 Å². The number of rotatable bonds is 4. The molecule has 0 atom stereocenters. The minimum atomic E-state index is -0.989. The number of benzene rings is 1. The number of amides is 1. The van der Waals surface area contributed by atoms with Crippen molar-refractivity contribution in [2.75, 3.05) is 5.75 Å². The second-order valence-corrected chi connectivity index (χ2v) is 4.07. The van der Waals surface area contributed by atoms with Gasteiger partial charge >= 0.3 is 6.09 Å². The fourth-order valence-corrected chi connectivity index (χ4v) is 1.71. The first-order valence-corrected chi connectivity index (χ1v) is 5.39. The van der Waals surface area contributed by atoms with Crippen LogP contribution < -0.4 is 5.32 Å². The molecule has 0 bridgehead atoms. The zero-order valence-electron chi connectivity index (χ0n) is 7.99. The molecular formula is C10H13NO2S. The molecule has 0 aliphatic rings. The van der Waals surface area contributed by atoms with Gasteiger partial charge in [-0.15, -0.1) is 11.8 Å². The predicted octanol–water partition coefficient (Wildman–Crippen LogP) is 2.57. The van der Waals surface area contributed by atoms with E-state index in [1.807, 2.05) is 24.3 Å². The topological polar surface area (TPSA) is 49.3 Å². The molecule has 0 fully saturated rings. The van der Waals surface area contributed by atoms with E-state index in [-0.39, 0.29) is 0 Å². The number of thioether (sulfide) groups is 1. The number of hydrogen-bond donors (Lipinski definition) is 2. The molecule has 0 aromatic heterocycles. The molecule has 14 heavy (non-hydrogen) atoms. The Morgan fingerprint density at radius 3 is 2.57 bits per heavy atom. The average Bonchev–Trinajstić information content (AvgIpc) is 2.17. The van der Waals surface area contributed by atoms with Crippen LogP contribution in [0.3, 0.4) is 0 Å². The third-order valence-corrected chi connectivity index (χ3v) is 2.57. The first kappa shape index (κ1) is 10.9. The van der Waals surface area contributed by atoms with Crippen LogP contribution in [0, 0.1) is 0 Å². The molecule has 0 aliphatic carbocycles. The van der Waals surface area contributed by atoms with Crippen molar-refractivity contribution < 1.29 is 9.90 Å². The molecule has 0 heterocycles. The maximum atomic E-state index is 10.2. The Hall–Kier alpha value is -1.16. The van der Waals surface area contributed by atoms with Crippen molar-refractivity contribution in [1.29, 1.82) is 0 Å². The fourth-order valence-electron chi connectivity index (χ4n) is 1.05. The molecule has 1 aromatic rings. The van der Waals surface area contributed by atoms with Gasteiger partial charge in [-0.25, -0.2) is 4.79 Å². The smallest absolute Gasteiger partial charge is 0.404 e. The monoisotopic (exact) mass is 211 g/mol. The lowest BCUT2D eigenvalue weighted by Crippen LogP contribution is -2.19. The van der Waals surface area contributed by atoms with Crippen LogP contribution in [0.2, 0.25) is 0 Å². The molecule has 1 rings (SSSR count). The van der Waals surface area contributed by atoms with E-state index < -0.39 is 6.09 Å². The lowest BCUT2D eigenvalue weighted by molar-refractivity contribution is 0.194. The summed E-state index contributed by atoms with van der Waals surface area (Å²) in [5.41, 5.74) is 0.979. The van der Waals surface area contributed by atoms with E-state index in [1.54, 1.807) is 11.8 Å². The average molecular weight is 211 g/mol. The van der Waals surface area contributed by atoms with Gasteiger partial charge in [-0.3, -0.25) is 0 Å². The molecule has 4 heteroatoms. The summed E-state index contributed by atoms with van der Waals surface area (Å²) in [6, 6.07) is 7.89. The van der Waals surface area contributed by atoms with Gasteiger partial charge in [0.15, 0.2) is 0 Å². The van der Waals surface area contributed by atoms with Crippen molar-refractivity contribution >= 4 is 17.9 Å². The number of carbonyl (C=O) groups is 1. The highest BCUT2D eigenvalue weighted by Crippen LogP contribution is 2.17. The molecule has 0 saturated heterocycles. The molecule has 3 nitrogen and oxygen atoms in total. The van der Waals surface area contributed by atoms with E-state index in [2.05, 4.69) is 12.2 Å². The van der Waals surface area contributed by atoms with Crippen molar-refractivity contribution in [3.05, 3.63) is 29.8 Å². The Kier molecular flexibility index (Phi) is 4.32. The molecule has 0 spiro atoms. The Morgan fingerprint density at radius 2 is 2.07 bits per heavy atom. The van der Waals surface area contributed by atoms with E-state index in [9.17, 15) is 4.79 Å². The number of hydrogen-bond acceptors (Lipinski definition) is 2. The zero-order chi connectivity index (χ0) is 10.4. The maximum absolute atomic E-state index is 10.2. The summed E-state index contributed by atoms with van der Waals surface area (Å²) in [6.07, 6.45) is -0.989. The Labute approximate surface area is 87.5 Å². The summed E-state index contributed by atoms with van der Waals surface area (Å²) in [6.45, 7) is 2.47. The molecule has 1 amide bonds. The third-order valence-electron chi connectivity index (χ3n) is 1.68. The van der Waals surface area contributed by atoms with Crippen LogP contribution in [-0.4, -0.2) is 17.0 Å². The van der Waals surface area contributed by atoms with E-state index in [4.69, 9.17) is 5.11 Å². The van der Waals surface area contributed by atoms with Crippen LogP contribution >= 0.6 is 11.8 Å². The van der Waals surface area contributed by atoms with Crippen LogP contribution in [0.1, 0.15) is 12.5 Å².